The molecule has 0 saturated carbocycles. The van der Waals surface area contributed by atoms with Crippen LogP contribution in [0.1, 0.15) is 29.8 Å². The van der Waals surface area contributed by atoms with Crippen LogP contribution in [0.25, 0.3) is 5.69 Å². The summed E-state index contributed by atoms with van der Waals surface area (Å²) in [4.78, 5) is 7.20. The van der Waals surface area contributed by atoms with Crippen LogP contribution < -0.4 is 0 Å². The quantitative estimate of drug-likeness (QED) is 0.810. The van der Waals surface area contributed by atoms with Crippen LogP contribution in [-0.4, -0.2) is 24.9 Å². The van der Waals surface area contributed by atoms with Crippen LogP contribution in [0.2, 0.25) is 0 Å². The fourth-order valence-electron chi connectivity index (χ4n) is 1.96. The van der Waals surface area contributed by atoms with Crippen LogP contribution in [0.5, 0.6) is 5.88 Å². The molecule has 2 heterocycles. The second-order valence-electron chi connectivity index (χ2n) is 3.90. The zero-order valence-corrected chi connectivity index (χ0v) is 10.00. The molecule has 0 bridgehead atoms. The molecule has 2 rings (SSSR count). The van der Waals surface area contributed by atoms with Crippen LogP contribution in [0.4, 0.5) is 0 Å². The molecule has 5 nitrogen and oxygen atoms in total. The lowest BCUT2D eigenvalue weighted by molar-refractivity contribution is 0.451. The molecule has 0 fully saturated rings. The van der Waals surface area contributed by atoms with E-state index in [4.69, 9.17) is 0 Å². The first-order chi connectivity index (χ1) is 7.54. The molecule has 0 aliphatic rings. The van der Waals surface area contributed by atoms with Gasteiger partial charge in [0.2, 0.25) is 5.88 Å². The first-order valence-electron chi connectivity index (χ1n) is 5.35. The normalized spacial score (nSPS) is 11.0. The van der Waals surface area contributed by atoms with E-state index in [0.29, 0.717) is 11.5 Å². The van der Waals surface area contributed by atoms with E-state index >= 15 is 0 Å². The monoisotopic (exact) mass is 220 g/mol. The maximum Gasteiger partial charge on any atom is 0.215 e. The van der Waals surface area contributed by atoms with E-state index in [1.807, 2.05) is 27.7 Å². The van der Waals surface area contributed by atoms with E-state index in [1.54, 1.807) is 4.68 Å². The van der Waals surface area contributed by atoms with Gasteiger partial charge in [0.15, 0.2) is 0 Å². The number of aromatic nitrogens is 4. The second kappa shape index (κ2) is 3.66. The zero-order chi connectivity index (χ0) is 11.9. The topological polar surface area (TPSA) is 66.7 Å². The number of aryl methyl sites for hydroxylation is 3. The van der Waals surface area contributed by atoms with Gasteiger partial charge in [0.05, 0.1) is 0 Å². The molecule has 0 aliphatic heterocycles. The smallest absolute Gasteiger partial charge is 0.215 e. The van der Waals surface area contributed by atoms with Crippen molar-refractivity contribution in [2.45, 2.75) is 34.1 Å². The van der Waals surface area contributed by atoms with Crippen molar-refractivity contribution in [2.24, 2.45) is 0 Å². The highest BCUT2D eigenvalue weighted by Gasteiger charge is 2.17. The molecular weight excluding hydrogens is 204 g/mol. The number of aromatic hydroxyl groups is 1. The molecule has 0 atom stereocenters. The van der Waals surface area contributed by atoms with Crippen molar-refractivity contribution < 1.29 is 5.11 Å². The minimum atomic E-state index is 0.155. The van der Waals surface area contributed by atoms with Gasteiger partial charge in [0.25, 0.3) is 0 Å². The van der Waals surface area contributed by atoms with Crippen LogP contribution in [0, 0.1) is 20.8 Å². The Morgan fingerprint density at radius 3 is 2.44 bits per heavy atom. The van der Waals surface area contributed by atoms with Gasteiger partial charge < -0.3 is 10.1 Å². The third-order valence-corrected chi connectivity index (χ3v) is 2.74. The lowest BCUT2D eigenvalue weighted by Crippen LogP contribution is -2.00. The average Bonchev–Trinajstić information content (AvgIpc) is 2.67. The predicted molar refractivity (Wildman–Crippen MR) is 61.0 cm³/mol. The van der Waals surface area contributed by atoms with Crippen LogP contribution in [-0.2, 0) is 6.42 Å². The van der Waals surface area contributed by atoms with Crippen LogP contribution >= 0.6 is 0 Å². The van der Waals surface area contributed by atoms with Gasteiger partial charge in [-0.1, -0.05) is 6.92 Å². The van der Waals surface area contributed by atoms with E-state index in [0.717, 1.165) is 23.5 Å². The van der Waals surface area contributed by atoms with Crippen molar-refractivity contribution in [3.8, 4) is 11.6 Å². The Labute approximate surface area is 94.1 Å². The molecular formula is C11H16N4O. The molecule has 0 saturated heterocycles. The first kappa shape index (κ1) is 10.7. The Morgan fingerprint density at radius 1 is 1.31 bits per heavy atom. The summed E-state index contributed by atoms with van der Waals surface area (Å²) in [5.74, 6) is 1.63. The molecule has 5 heteroatoms. The molecule has 2 N–H and O–H groups in total. The number of aromatic amines is 1. The van der Waals surface area contributed by atoms with Crippen molar-refractivity contribution >= 4 is 0 Å². The van der Waals surface area contributed by atoms with E-state index < -0.39 is 0 Å². The second-order valence-corrected chi connectivity index (χ2v) is 3.90. The molecule has 0 unspecified atom stereocenters. The third kappa shape index (κ3) is 1.48. The predicted octanol–water partition coefficient (Wildman–Crippen LogP) is 1.79. The average molecular weight is 220 g/mol. The number of rotatable bonds is 2. The molecule has 16 heavy (non-hydrogen) atoms. The summed E-state index contributed by atoms with van der Waals surface area (Å²) in [5, 5.41) is 14.2. The fraction of sp³-hybridized carbons (Fsp3) is 0.455. The molecule has 0 spiro atoms. The molecule has 0 radical (unpaired) electrons. The maximum atomic E-state index is 9.89. The van der Waals surface area contributed by atoms with Crippen molar-refractivity contribution in [1.29, 1.82) is 0 Å². The third-order valence-electron chi connectivity index (χ3n) is 2.74. The minimum Gasteiger partial charge on any atom is -0.493 e. The molecule has 0 aromatic carbocycles. The molecule has 2 aromatic heterocycles. The summed E-state index contributed by atoms with van der Waals surface area (Å²) in [6.07, 6.45) is 0.853. The number of H-pyrrole nitrogens is 1. The fourth-order valence-corrected chi connectivity index (χ4v) is 1.96. The van der Waals surface area contributed by atoms with Gasteiger partial charge in [-0.3, -0.25) is 0 Å². The highest BCUT2D eigenvalue weighted by atomic mass is 16.3. The van der Waals surface area contributed by atoms with Crippen LogP contribution in [0.3, 0.4) is 0 Å². The Balaban J connectivity index is 2.64. The van der Waals surface area contributed by atoms with Gasteiger partial charge in [0.1, 0.15) is 17.3 Å². The van der Waals surface area contributed by atoms with E-state index in [9.17, 15) is 5.11 Å². The summed E-state index contributed by atoms with van der Waals surface area (Å²) in [5.41, 5.74) is 2.75. The number of nitrogens with zero attached hydrogens (tertiary/aromatic N) is 3. The highest BCUT2D eigenvalue weighted by molar-refractivity contribution is 5.52. The van der Waals surface area contributed by atoms with E-state index in [1.165, 1.54) is 0 Å². The largest absolute Gasteiger partial charge is 0.493 e. The van der Waals surface area contributed by atoms with Gasteiger partial charge in [-0.2, -0.15) is 5.10 Å². The minimum absolute atomic E-state index is 0.155. The molecule has 86 valence electrons. The maximum absolute atomic E-state index is 9.89. The standard InChI is InChI=1S/C11H16N4O/c1-5-9-6(2)10(11(16)13-9)15-8(4)12-7(3)14-15/h13,16H,5H2,1-4H3. The summed E-state index contributed by atoms with van der Waals surface area (Å²) < 4.78 is 1.68. The van der Waals surface area contributed by atoms with Gasteiger partial charge in [-0.25, -0.2) is 9.67 Å². The lowest BCUT2D eigenvalue weighted by atomic mass is 10.2. The van der Waals surface area contributed by atoms with Crippen molar-refractivity contribution in [1.82, 2.24) is 19.7 Å². The lowest BCUT2D eigenvalue weighted by Gasteiger charge is -2.02. The SMILES string of the molecule is CCc1[nH]c(O)c(-n2nc(C)nc2C)c1C. The first-order valence-corrected chi connectivity index (χ1v) is 5.35. The zero-order valence-electron chi connectivity index (χ0n) is 10.00. The Hall–Kier alpha value is -1.78. The molecule has 0 aliphatic carbocycles. The number of hydrogen-bond acceptors (Lipinski definition) is 3. The van der Waals surface area contributed by atoms with Crippen LogP contribution in [0.15, 0.2) is 0 Å². The van der Waals surface area contributed by atoms with Crippen molar-refractivity contribution in [3.63, 3.8) is 0 Å². The van der Waals surface area contributed by atoms with Gasteiger partial charge in [-0.05, 0) is 32.8 Å². The number of hydrogen-bond donors (Lipinski definition) is 2. The summed E-state index contributed by atoms with van der Waals surface area (Å²) in [6, 6.07) is 0. The van der Waals surface area contributed by atoms with Crippen molar-refractivity contribution in [2.75, 3.05) is 0 Å². The van der Waals surface area contributed by atoms with Gasteiger partial charge >= 0.3 is 0 Å². The van der Waals surface area contributed by atoms with Gasteiger partial charge in [-0.15, -0.1) is 0 Å². The van der Waals surface area contributed by atoms with Crippen molar-refractivity contribution in [3.05, 3.63) is 22.9 Å². The Morgan fingerprint density at radius 2 is 2.00 bits per heavy atom. The Bertz CT molecular complexity index is 524. The molecule has 0 amide bonds. The Kier molecular flexibility index (Phi) is 2.46. The van der Waals surface area contributed by atoms with E-state index in [2.05, 4.69) is 15.1 Å². The highest BCUT2D eigenvalue weighted by Crippen LogP contribution is 2.28. The van der Waals surface area contributed by atoms with E-state index in [-0.39, 0.29) is 5.88 Å². The van der Waals surface area contributed by atoms with Gasteiger partial charge in [0, 0.05) is 5.69 Å². The number of nitrogens with one attached hydrogen (secondary N) is 1. The summed E-state index contributed by atoms with van der Waals surface area (Å²) >= 11 is 0. The summed E-state index contributed by atoms with van der Waals surface area (Å²) in [7, 11) is 0. The summed E-state index contributed by atoms with van der Waals surface area (Å²) in [6.45, 7) is 7.73. The molecule has 2 aromatic rings.